The van der Waals surface area contributed by atoms with Crippen LogP contribution < -0.4 is 10.3 Å². The fourth-order valence-corrected chi connectivity index (χ4v) is 4.93. The van der Waals surface area contributed by atoms with E-state index in [2.05, 4.69) is 27.7 Å². The molecule has 1 aromatic carbocycles. The molecule has 4 rings (SSSR count). The number of aromatic amines is 1. The Balaban J connectivity index is 1.71. The topological polar surface area (TPSA) is 78.8 Å². The summed E-state index contributed by atoms with van der Waals surface area (Å²) in [4.78, 5) is 21.8. The lowest BCUT2D eigenvalue weighted by molar-refractivity contribution is -0.0498. The standard InChI is InChI=1S/C21H17F2N3O2S/c1-11-2-7-15-16(8-11)29-20-17(15)19(27)25-18(26-20)13(10-24)9-12-3-5-14(6-4-12)28-21(22)23/h3-6,9,11,21H,2,7-8H2,1H3,(H,25,26,27)/b13-9+. The molecule has 148 valence electrons. The number of H-pyrrole nitrogens is 1. The number of allylic oxidation sites excluding steroid dienone is 1. The number of nitrogens with zero attached hydrogens (tertiary/aromatic N) is 2. The van der Waals surface area contributed by atoms with Crippen LogP contribution >= 0.6 is 11.3 Å². The molecule has 1 aliphatic carbocycles. The number of nitriles is 1. The highest BCUT2D eigenvalue weighted by Gasteiger charge is 2.23. The molecule has 2 heterocycles. The molecule has 0 amide bonds. The van der Waals surface area contributed by atoms with Crippen molar-refractivity contribution in [3.05, 3.63) is 56.4 Å². The average Bonchev–Trinajstić information content (AvgIpc) is 3.04. The highest BCUT2D eigenvalue weighted by Crippen LogP contribution is 2.36. The van der Waals surface area contributed by atoms with E-state index in [1.54, 1.807) is 18.2 Å². The number of ether oxygens (including phenoxy) is 1. The van der Waals surface area contributed by atoms with Crippen LogP contribution in [0.25, 0.3) is 21.9 Å². The van der Waals surface area contributed by atoms with Gasteiger partial charge in [-0.05, 0) is 54.5 Å². The molecule has 8 heteroatoms. The molecule has 1 N–H and O–H groups in total. The van der Waals surface area contributed by atoms with Crippen LogP contribution in [-0.4, -0.2) is 16.6 Å². The Labute approximate surface area is 169 Å². The van der Waals surface area contributed by atoms with Crippen molar-refractivity contribution in [1.82, 2.24) is 9.97 Å². The van der Waals surface area contributed by atoms with Crippen LogP contribution in [0.5, 0.6) is 5.75 Å². The summed E-state index contributed by atoms with van der Waals surface area (Å²) in [6, 6.07) is 7.94. The Morgan fingerprint density at radius 1 is 1.41 bits per heavy atom. The van der Waals surface area contributed by atoms with E-state index in [4.69, 9.17) is 0 Å². The summed E-state index contributed by atoms with van der Waals surface area (Å²) in [6.07, 6.45) is 4.41. The molecule has 0 aliphatic heterocycles. The van der Waals surface area contributed by atoms with Crippen LogP contribution in [0, 0.1) is 17.2 Å². The molecule has 1 aliphatic rings. The van der Waals surface area contributed by atoms with Crippen molar-refractivity contribution in [2.45, 2.75) is 32.8 Å². The monoisotopic (exact) mass is 413 g/mol. The lowest BCUT2D eigenvalue weighted by Crippen LogP contribution is -2.14. The van der Waals surface area contributed by atoms with Gasteiger partial charge in [0.25, 0.3) is 5.56 Å². The van der Waals surface area contributed by atoms with Gasteiger partial charge >= 0.3 is 6.61 Å². The summed E-state index contributed by atoms with van der Waals surface area (Å²) in [5, 5.41) is 10.2. The highest BCUT2D eigenvalue weighted by molar-refractivity contribution is 7.18. The van der Waals surface area contributed by atoms with Crippen LogP contribution in [0.2, 0.25) is 0 Å². The molecule has 2 aromatic heterocycles. The number of alkyl halides is 2. The zero-order valence-electron chi connectivity index (χ0n) is 15.5. The van der Waals surface area contributed by atoms with E-state index in [9.17, 15) is 18.8 Å². The van der Waals surface area contributed by atoms with Crippen LogP contribution in [0.3, 0.4) is 0 Å². The largest absolute Gasteiger partial charge is 0.435 e. The fourth-order valence-electron chi connectivity index (χ4n) is 3.54. The van der Waals surface area contributed by atoms with Crippen LogP contribution in [0.15, 0.2) is 29.1 Å². The van der Waals surface area contributed by atoms with Gasteiger partial charge < -0.3 is 9.72 Å². The molecule has 0 fully saturated rings. The first-order valence-corrected chi connectivity index (χ1v) is 9.98. The Kier molecular flexibility index (Phi) is 5.16. The zero-order chi connectivity index (χ0) is 20.5. The van der Waals surface area contributed by atoms with Gasteiger partial charge in [-0.2, -0.15) is 14.0 Å². The second-order valence-corrected chi connectivity index (χ2v) is 8.15. The summed E-state index contributed by atoms with van der Waals surface area (Å²) < 4.78 is 28.8. The number of fused-ring (bicyclic) bond motifs is 3. The zero-order valence-corrected chi connectivity index (χ0v) is 16.4. The van der Waals surface area contributed by atoms with Crippen molar-refractivity contribution in [2.75, 3.05) is 0 Å². The third-order valence-electron chi connectivity index (χ3n) is 4.96. The van der Waals surface area contributed by atoms with Gasteiger partial charge in [0.05, 0.1) is 11.0 Å². The van der Waals surface area contributed by atoms with E-state index in [0.29, 0.717) is 21.7 Å². The smallest absolute Gasteiger partial charge is 0.387 e. The number of benzene rings is 1. The lowest BCUT2D eigenvalue weighted by atomic mass is 9.89. The number of rotatable bonds is 4. The normalized spacial score (nSPS) is 16.7. The number of thiophene rings is 1. The number of aromatic nitrogens is 2. The molecule has 5 nitrogen and oxygen atoms in total. The summed E-state index contributed by atoms with van der Waals surface area (Å²) >= 11 is 1.52. The minimum Gasteiger partial charge on any atom is -0.435 e. The Morgan fingerprint density at radius 3 is 2.86 bits per heavy atom. The van der Waals surface area contributed by atoms with Crippen LogP contribution in [-0.2, 0) is 12.8 Å². The maximum Gasteiger partial charge on any atom is 0.387 e. The molecule has 1 unspecified atom stereocenters. The van der Waals surface area contributed by atoms with E-state index >= 15 is 0 Å². The minimum atomic E-state index is -2.90. The summed E-state index contributed by atoms with van der Waals surface area (Å²) in [6.45, 7) is -0.698. The van der Waals surface area contributed by atoms with E-state index < -0.39 is 6.61 Å². The quantitative estimate of drug-likeness (QED) is 0.625. The SMILES string of the molecule is CC1CCc2c(sc3nc(/C(C#N)=C/c4ccc(OC(F)F)cc4)[nH]c(=O)c23)C1. The van der Waals surface area contributed by atoms with Crippen molar-refractivity contribution in [1.29, 1.82) is 5.26 Å². The molecular weight excluding hydrogens is 396 g/mol. The maximum atomic E-state index is 12.7. The number of aryl methyl sites for hydroxylation is 1. The van der Waals surface area contributed by atoms with Gasteiger partial charge in [-0.3, -0.25) is 4.79 Å². The first-order chi connectivity index (χ1) is 13.9. The van der Waals surface area contributed by atoms with Crippen molar-refractivity contribution in [3.63, 3.8) is 0 Å². The second kappa shape index (κ2) is 7.76. The van der Waals surface area contributed by atoms with Crippen molar-refractivity contribution < 1.29 is 13.5 Å². The molecule has 0 spiro atoms. The highest BCUT2D eigenvalue weighted by atomic mass is 32.1. The van der Waals surface area contributed by atoms with Gasteiger partial charge in [0.2, 0.25) is 0 Å². The van der Waals surface area contributed by atoms with Crippen molar-refractivity contribution in [3.8, 4) is 11.8 Å². The molecule has 0 bridgehead atoms. The van der Waals surface area contributed by atoms with E-state index in [1.165, 1.54) is 28.3 Å². The Bertz CT molecular complexity index is 1190. The number of hydrogen-bond donors (Lipinski definition) is 1. The van der Waals surface area contributed by atoms with E-state index in [-0.39, 0.29) is 22.7 Å². The summed E-state index contributed by atoms with van der Waals surface area (Å²) in [5.41, 5.74) is 1.64. The van der Waals surface area contributed by atoms with E-state index in [1.807, 2.05) is 0 Å². The molecule has 0 saturated carbocycles. The van der Waals surface area contributed by atoms with Crippen LogP contribution in [0.4, 0.5) is 8.78 Å². The van der Waals surface area contributed by atoms with Crippen molar-refractivity contribution in [2.24, 2.45) is 5.92 Å². The van der Waals surface area contributed by atoms with Gasteiger partial charge in [-0.15, -0.1) is 11.3 Å². The second-order valence-electron chi connectivity index (χ2n) is 7.06. The summed E-state index contributed by atoms with van der Waals surface area (Å²) in [5.74, 6) is 0.812. The molecule has 29 heavy (non-hydrogen) atoms. The Hall–Kier alpha value is -3.05. The minimum absolute atomic E-state index is 0.0296. The summed E-state index contributed by atoms with van der Waals surface area (Å²) in [7, 11) is 0. The van der Waals surface area contributed by atoms with Gasteiger partial charge in [-0.25, -0.2) is 4.98 Å². The molecular formula is C21H17F2N3O2S. The van der Waals surface area contributed by atoms with E-state index in [0.717, 1.165) is 24.8 Å². The number of halogens is 2. The lowest BCUT2D eigenvalue weighted by Gasteiger charge is -2.17. The van der Waals surface area contributed by atoms with Gasteiger partial charge in [-0.1, -0.05) is 19.1 Å². The average molecular weight is 413 g/mol. The van der Waals surface area contributed by atoms with Gasteiger partial charge in [0, 0.05) is 4.88 Å². The molecule has 1 atom stereocenters. The molecule has 3 aromatic rings. The third-order valence-corrected chi connectivity index (χ3v) is 6.11. The Morgan fingerprint density at radius 2 is 2.17 bits per heavy atom. The number of hydrogen-bond acceptors (Lipinski definition) is 5. The predicted octanol–water partition coefficient (Wildman–Crippen LogP) is 4.77. The third kappa shape index (κ3) is 3.91. The first-order valence-electron chi connectivity index (χ1n) is 9.16. The molecule has 0 saturated heterocycles. The van der Waals surface area contributed by atoms with Crippen molar-refractivity contribution >= 4 is 33.2 Å². The fraction of sp³-hybridized carbons (Fsp3) is 0.286. The van der Waals surface area contributed by atoms with Crippen LogP contribution in [0.1, 0.15) is 35.2 Å². The molecule has 0 radical (unpaired) electrons. The number of nitrogens with one attached hydrogen (secondary N) is 1. The maximum absolute atomic E-state index is 12.7. The first kappa shape index (κ1) is 19.3. The predicted molar refractivity (Wildman–Crippen MR) is 108 cm³/mol. The van der Waals surface area contributed by atoms with Gasteiger partial charge in [0.1, 0.15) is 16.6 Å². The van der Waals surface area contributed by atoms with Gasteiger partial charge in [0.15, 0.2) is 5.82 Å².